The van der Waals surface area contributed by atoms with Crippen LogP contribution in [0.2, 0.25) is 0 Å². The lowest BCUT2D eigenvalue weighted by atomic mass is 9.96. The average molecular weight is 387 g/mol. The van der Waals surface area contributed by atoms with Crippen molar-refractivity contribution < 1.29 is 4.79 Å². The maximum atomic E-state index is 12.6. The number of aryl methyl sites for hydroxylation is 2. The molecule has 1 aromatic carbocycles. The van der Waals surface area contributed by atoms with E-state index in [0.29, 0.717) is 24.5 Å². The molecular weight excluding hydrogens is 366 g/mol. The van der Waals surface area contributed by atoms with E-state index < -0.39 is 0 Å². The van der Waals surface area contributed by atoms with Gasteiger partial charge in [-0.05, 0) is 48.1 Å². The molecule has 1 amide bonds. The summed E-state index contributed by atoms with van der Waals surface area (Å²) in [7, 11) is 0. The smallest absolute Gasteiger partial charge is 0.254 e. The zero-order chi connectivity index (χ0) is 20.4. The molecule has 0 spiro atoms. The summed E-state index contributed by atoms with van der Waals surface area (Å²) < 4.78 is 1.67. The monoisotopic (exact) mass is 387 g/mol. The molecule has 0 saturated heterocycles. The number of hydrogen-bond donors (Lipinski definition) is 2. The molecule has 0 saturated carbocycles. The van der Waals surface area contributed by atoms with Crippen molar-refractivity contribution in [2.75, 3.05) is 5.73 Å². The van der Waals surface area contributed by atoms with Gasteiger partial charge in [0.15, 0.2) is 0 Å². The zero-order valence-electron chi connectivity index (χ0n) is 16.3. The van der Waals surface area contributed by atoms with E-state index in [9.17, 15) is 4.79 Å². The number of nitrogen functional groups attached to an aromatic ring is 1. The lowest BCUT2D eigenvalue weighted by Crippen LogP contribution is -2.23. The third kappa shape index (κ3) is 3.77. The van der Waals surface area contributed by atoms with Crippen molar-refractivity contribution in [3.8, 4) is 0 Å². The van der Waals surface area contributed by atoms with Gasteiger partial charge in [-0.2, -0.15) is 5.10 Å². The minimum atomic E-state index is -0.177. The number of amides is 1. The van der Waals surface area contributed by atoms with Crippen LogP contribution in [-0.2, 0) is 13.1 Å². The molecule has 8 heteroatoms. The number of benzene rings is 1. The number of nitrogens with two attached hydrogens (primary N) is 1. The largest absolute Gasteiger partial charge is 0.383 e. The summed E-state index contributed by atoms with van der Waals surface area (Å²) in [6, 6.07) is 3.97. The third-order valence-electron chi connectivity index (χ3n) is 4.98. The number of nitrogens with zero attached hydrogens (tertiary/aromatic N) is 5. The molecule has 3 N–H and O–H groups in total. The van der Waals surface area contributed by atoms with Crippen molar-refractivity contribution in [1.29, 1.82) is 0 Å². The molecule has 8 nitrogen and oxygen atoms in total. The number of anilines is 1. The Morgan fingerprint density at radius 1 is 1.14 bits per heavy atom. The van der Waals surface area contributed by atoms with Gasteiger partial charge in [0, 0.05) is 36.7 Å². The molecule has 0 bridgehead atoms. The second kappa shape index (κ2) is 7.67. The summed E-state index contributed by atoms with van der Waals surface area (Å²) in [4.78, 5) is 25.0. The molecular formula is C21H21N7O. The van der Waals surface area contributed by atoms with Gasteiger partial charge in [0.25, 0.3) is 5.91 Å². The predicted octanol–water partition coefficient (Wildman–Crippen LogP) is 2.40. The Bertz CT molecular complexity index is 1180. The number of nitrogens with one attached hydrogen (secondary N) is 1. The zero-order valence-corrected chi connectivity index (χ0v) is 16.3. The highest BCUT2D eigenvalue weighted by molar-refractivity contribution is 5.95. The van der Waals surface area contributed by atoms with Crippen molar-refractivity contribution >= 4 is 22.5 Å². The maximum absolute atomic E-state index is 12.6. The van der Waals surface area contributed by atoms with Crippen LogP contribution in [0.15, 0.2) is 49.3 Å². The van der Waals surface area contributed by atoms with Crippen LogP contribution < -0.4 is 11.1 Å². The number of carbonyl (C=O) groups is 1. The minimum absolute atomic E-state index is 0.177. The van der Waals surface area contributed by atoms with Gasteiger partial charge in [-0.3, -0.25) is 19.4 Å². The summed E-state index contributed by atoms with van der Waals surface area (Å²) in [6.45, 7) is 4.93. The van der Waals surface area contributed by atoms with E-state index in [4.69, 9.17) is 5.73 Å². The first kappa shape index (κ1) is 18.5. The highest BCUT2D eigenvalue weighted by Crippen LogP contribution is 2.27. The fourth-order valence-corrected chi connectivity index (χ4v) is 3.42. The lowest BCUT2D eigenvalue weighted by molar-refractivity contribution is 0.0950. The van der Waals surface area contributed by atoms with Crippen LogP contribution >= 0.6 is 0 Å². The fourth-order valence-electron chi connectivity index (χ4n) is 3.42. The van der Waals surface area contributed by atoms with Gasteiger partial charge < -0.3 is 11.1 Å². The number of carbonyl (C=O) groups excluding carboxylic acids is 1. The fraction of sp³-hybridized carbons (Fsp3) is 0.190. The first-order valence-electron chi connectivity index (χ1n) is 9.21. The molecule has 29 heavy (non-hydrogen) atoms. The molecule has 3 aromatic heterocycles. The Hall–Kier alpha value is -3.81. The molecule has 0 aliphatic heterocycles. The molecule has 4 aromatic rings. The second-order valence-corrected chi connectivity index (χ2v) is 6.89. The Morgan fingerprint density at radius 3 is 2.79 bits per heavy atom. The standard InChI is InChI=1S/C21H21N7O/c1-13-7-18-17(3-4-25-20(18)22)14(2)19(13)10-26-21(29)15-8-27-28(11-15)12-16-9-23-5-6-24-16/h3-9,11H,10,12H2,1-2H3,(H2,22,25)(H,26,29). The predicted molar refractivity (Wildman–Crippen MR) is 110 cm³/mol. The first-order chi connectivity index (χ1) is 14.0. The molecule has 3 heterocycles. The second-order valence-electron chi connectivity index (χ2n) is 6.89. The maximum Gasteiger partial charge on any atom is 0.254 e. The van der Waals surface area contributed by atoms with Gasteiger partial charge in [0.05, 0.1) is 30.2 Å². The average Bonchev–Trinajstić information content (AvgIpc) is 3.18. The number of hydrogen-bond acceptors (Lipinski definition) is 6. The molecule has 0 radical (unpaired) electrons. The number of fused-ring (bicyclic) bond motifs is 1. The highest BCUT2D eigenvalue weighted by atomic mass is 16.1. The van der Waals surface area contributed by atoms with Crippen molar-refractivity contribution in [1.82, 2.24) is 30.0 Å². The summed E-state index contributed by atoms with van der Waals surface area (Å²) in [5.41, 5.74) is 10.5. The van der Waals surface area contributed by atoms with Gasteiger partial charge in [0.1, 0.15) is 5.82 Å². The van der Waals surface area contributed by atoms with Crippen LogP contribution in [0.5, 0.6) is 0 Å². The summed E-state index contributed by atoms with van der Waals surface area (Å²) >= 11 is 0. The Balaban J connectivity index is 1.49. The van der Waals surface area contributed by atoms with E-state index in [0.717, 1.165) is 33.2 Å². The van der Waals surface area contributed by atoms with Gasteiger partial charge in [0.2, 0.25) is 0 Å². The van der Waals surface area contributed by atoms with Crippen LogP contribution in [0.4, 0.5) is 5.82 Å². The van der Waals surface area contributed by atoms with Crippen LogP contribution in [-0.4, -0.2) is 30.6 Å². The Kier molecular flexibility index (Phi) is 4.90. The molecule has 146 valence electrons. The van der Waals surface area contributed by atoms with Crippen LogP contribution in [0.25, 0.3) is 10.8 Å². The van der Waals surface area contributed by atoms with Gasteiger partial charge in [-0.25, -0.2) is 4.98 Å². The van der Waals surface area contributed by atoms with Crippen molar-refractivity contribution in [2.45, 2.75) is 26.9 Å². The normalized spacial score (nSPS) is 11.0. The summed E-state index contributed by atoms with van der Waals surface area (Å²) in [5, 5.41) is 9.21. The van der Waals surface area contributed by atoms with Gasteiger partial charge in [-0.1, -0.05) is 0 Å². The molecule has 0 unspecified atom stereocenters. The van der Waals surface area contributed by atoms with Crippen molar-refractivity contribution in [3.05, 3.63) is 77.3 Å². The first-order valence-corrected chi connectivity index (χ1v) is 9.21. The summed E-state index contributed by atoms with van der Waals surface area (Å²) in [6.07, 6.45) is 9.88. The Labute approximate surface area is 167 Å². The molecule has 0 fully saturated rings. The van der Waals surface area contributed by atoms with Crippen molar-refractivity contribution in [3.63, 3.8) is 0 Å². The number of pyridine rings is 1. The molecule has 0 atom stereocenters. The van der Waals surface area contributed by atoms with E-state index in [1.165, 1.54) is 0 Å². The lowest BCUT2D eigenvalue weighted by Gasteiger charge is -2.14. The van der Waals surface area contributed by atoms with Crippen LogP contribution in [0.3, 0.4) is 0 Å². The van der Waals surface area contributed by atoms with Gasteiger partial charge >= 0.3 is 0 Å². The minimum Gasteiger partial charge on any atom is -0.383 e. The highest BCUT2D eigenvalue weighted by Gasteiger charge is 2.13. The van der Waals surface area contributed by atoms with E-state index in [1.54, 1.807) is 41.9 Å². The Morgan fingerprint density at radius 2 is 2.00 bits per heavy atom. The third-order valence-corrected chi connectivity index (χ3v) is 4.98. The molecule has 4 rings (SSSR count). The van der Waals surface area contributed by atoms with E-state index in [-0.39, 0.29) is 5.91 Å². The summed E-state index contributed by atoms with van der Waals surface area (Å²) in [5.74, 6) is 0.336. The number of rotatable bonds is 5. The molecule has 0 aliphatic rings. The van der Waals surface area contributed by atoms with Gasteiger partial charge in [-0.15, -0.1) is 0 Å². The van der Waals surface area contributed by atoms with Crippen LogP contribution in [0.1, 0.15) is 32.7 Å². The van der Waals surface area contributed by atoms with Crippen molar-refractivity contribution in [2.24, 2.45) is 0 Å². The van der Waals surface area contributed by atoms with E-state index in [1.807, 2.05) is 26.0 Å². The van der Waals surface area contributed by atoms with E-state index >= 15 is 0 Å². The van der Waals surface area contributed by atoms with E-state index in [2.05, 4.69) is 25.4 Å². The van der Waals surface area contributed by atoms with Crippen LogP contribution in [0, 0.1) is 13.8 Å². The number of aromatic nitrogens is 5. The quantitative estimate of drug-likeness (QED) is 0.544. The topological polar surface area (TPSA) is 112 Å². The SMILES string of the molecule is Cc1cc2c(N)nccc2c(C)c1CNC(=O)c1cnn(Cc2cnccn2)c1. The molecule has 0 aliphatic carbocycles.